The average Bonchev–Trinajstić information content (AvgIpc) is 2.68. The van der Waals surface area contributed by atoms with Gasteiger partial charge in [-0.15, -0.1) is 0 Å². The van der Waals surface area contributed by atoms with Crippen LogP contribution in [-0.2, 0) is 0 Å². The van der Waals surface area contributed by atoms with Gasteiger partial charge in [0.15, 0.2) is 0 Å². The fourth-order valence-electron chi connectivity index (χ4n) is 3.18. The summed E-state index contributed by atoms with van der Waals surface area (Å²) in [5.41, 5.74) is 1.59. The Balaban J connectivity index is 1.48. The van der Waals surface area contributed by atoms with Crippen LogP contribution in [0.2, 0.25) is 0 Å². The molecule has 0 unspecified atom stereocenters. The van der Waals surface area contributed by atoms with Crippen LogP contribution in [0.25, 0.3) is 6.08 Å². The zero-order valence-corrected chi connectivity index (χ0v) is 17.1. The third kappa shape index (κ3) is 5.92. The van der Waals surface area contributed by atoms with E-state index in [0.29, 0.717) is 5.56 Å². The molecule has 5 nitrogen and oxygen atoms in total. The van der Waals surface area contributed by atoms with Crippen LogP contribution in [0.1, 0.15) is 36.7 Å². The molecule has 1 aromatic heterocycles. The van der Waals surface area contributed by atoms with E-state index in [1.807, 2.05) is 39.0 Å². The minimum atomic E-state index is -0.249. The van der Waals surface area contributed by atoms with Crippen molar-refractivity contribution < 1.29 is 4.79 Å². The number of amides is 1. The molecule has 1 amide bonds. The fraction of sp³-hybridized carbons (Fsp3) is 0.391. The van der Waals surface area contributed by atoms with Crippen LogP contribution in [0, 0.1) is 0 Å². The van der Waals surface area contributed by atoms with Crippen molar-refractivity contribution >= 4 is 17.8 Å². The maximum Gasteiger partial charge on any atom is 0.253 e. The highest BCUT2D eigenvalue weighted by molar-refractivity contribution is 5.94. The monoisotopic (exact) mass is 378 g/mol. The van der Waals surface area contributed by atoms with Crippen molar-refractivity contribution in [2.45, 2.75) is 26.3 Å². The first-order chi connectivity index (χ1) is 13.4. The van der Waals surface area contributed by atoms with E-state index >= 15 is 0 Å². The number of aromatic nitrogens is 1. The van der Waals surface area contributed by atoms with E-state index in [9.17, 15) is 4.79 Å². The Kier molecular flexibility index (Phi) is 6.47. The Morgan fingerprint density at radius 2 is 1.79 bits per heavy atom. The zero-order valence-electron chi connectivity index (χ0n) is 17.1. The number of rotatable bonds is 5. The Bertz CT molecular complexity index is 786. The maximum atomic E-state index is 12.2. The normalized spacial score (nSPS) is 15.8. The predicted molar refractivity (Wildman–Crippen MR) is 116 cm³/mol. The first kappa shape index (κ1) is 20.1. The maximum absolute atomic E-state index is 12.2. The summed E-state index contributed by atoms with van der Waals surface area (Å²) in [6.45, 7) is 10.8. The van der Waals surface area contributed by atoms with E-state index in [1.54, 1.807) is 6.20 Å². The molecule has 0 atom stereocenters. The number of nitrogens with one attached hydrogen (secondary N) is 1. The van der Waals surface area contributed by atoms with E-state index < -0.39 is 0 Å². The molecular weight excluding hydrogens is 348 g/mol. The van der Waals surface area contributed by atoms with Crippen LogP contribution in [-0.4, -0.2) is 54.1 Å². The lowest BCUT2D eigenvalue weighted by Gasteiger charge is -2.34. The van der Waals surface area contributed by atoms with E-state index in [4.69, 9.17) is 0 Å². The molecule has 1 saturated heterocycles. The number of pyridine rings is 1. The number of carbonyl (C=O) groups is 1. The molecule has 1 N–H and O–H groups in total. The number of anilines is 1. The molecule has 3 rings (SSSR count). The summed E-state index contributed by atoms with van der Waals surface area (Å²) in [5, 5.41) is 2.97. The first-order valence-electron chi connectivity index (χ1n) is 9.88. The van der Waals surface area contributed by atoms with Crippen molar-refractivity contribution in [2.24, 2.45) is 0 Å². The molecule has 1 aliphatic heterocycles. The molecule has 148 valence electrons. The number of hydrogen-bond donors (Lipinski definition) is 1. The third-order valence-electron chi connectivity index (χ3n) is 4.67. The Morgan fingerprint density at radius 3 is 2.39 bits per heavy atom. The van der Waals surface area contributed by atoms with Gasteiger partial charge in [0.25, 0.3) is 5.91 Å². The van der Waals surface area contributed by atoms with Crippen LogP contribution in [0.3, 0.4) is 0 Å². The molecule has 0 saturated carbocycles. The second-order valence-electron chi connectivity index (χ2n) is 8.21. The summed E-state index contributed by atoms with van der Waals surface area (Å²) >= 11 is 0. The van der Waals surface area contributed by atoms with Gasteiger partial charge in [-0.3, -0.25) is 9.69 Å². The van der Waals surface area contributed by atoms with Crippen molar-refractivity contribution in [1.29, 1.82) is 0 Å². The fourth-order valence-corrected chi connectivity index (χ4v) is 3.18. The minimum Gasteiger partial charge on any atom is -0.354 e. The smallest absolute Gasteiger partial charge is 0.253 e. The summed E-state index contributed by atoms with van der Waals surface area (Å²) < 4.78 is 0. The minimum absolute atomic E-state index is 0.0819. The van der Waals surface area contributed by atoms with Gasteiger partial charge in [0.05, 0.1) is 5.56 Å². The molecule has 0 bridgehead atoms. The highest BCUT2D eigenvalue weighted by Gasteiger charge is 2.19. The van der Waals surface area contributed by atoms with E-state index in [0.717, 1.165) is 38.5 Å². The van der Waals surface area contributed by atoms with E-state index in [1.165, 1.54) is 5.56 Å². The van der Waals surface area contributed by atoms with E-state index in [2.05, 4.69) is 56.5 Å². The van der Waals surface area contributed by atoms with Gasteiger partial charge >= 0.3 is 0 Å². The van der Waals surface area contributed by atoms with Gasteiger partial charge in [-0.25, -0.2) is 4.98 Å². The Hall–Kier alpha value is -2.66. The molecule has 5 heteroatoms. The van der Waals surface area contributed by atoms with Crippen molar-refractivity contribution in [3.8, 4) is 0 Å². The Labute approximate surface area is 168 Å². The number of carbonyl (C=O) groups excluding carboxylic acids is 1. The van der Waals surface area contributed by atoms with Gasteiger partial charge in [0.2, 0.25) is 0 Å². The van der Waals surface area contributed by atoms with Crippen molar-refractivity contribution in [3.63, 3.8) is 0 Å². The topological polar surface area (TPSA) is 48.5 Å². The molecule has 2 heterocycles. The molecule has 0 aliphatic carbocycles. The van der Waals surface area contributed by atoms with Gasteiger partial charge in [0.1, 0.15) is 5.82 Å². The van der Waals surface area contributed by atoms with E-state index in [-0.39, 0.29) is 11.4 Å². The number of hydrogen-bond acceptors (Lipinski definition) is 4. The molecule has 0 spiro atoms. The predicted octanol–water partition coefficient (Wildman–Crippen LogP) is 3.45. The van der Waals surface area contributed by atoms with Gasteiger partial charge in [-0.1, -0.05) is 42.5 Å². The van der Waals surface area contributed by atoms with Crippen LogP contribution in [0.15, 0.2) is 54.7 Å². The van der Waals surface area contributed by atoms with Gasteiger partial charge in [-0.05, 0) is 38.5 Å². The standard InChI is InChI=1S/C23H30N4O/c1-23(2,3)25-22(28)20-11-12-21(24-18-20)27-16-14-26(15-17-27)13-7-10-19-8-5-4-6-9-19/h4-12,18H,13-17H2,1-3H3,(H,25,28)/b10-7+. The summed E-state index contributed by atoms with van der Waals surface area (Å²) in [6.07, 6.45) is 6.08. The molecule has 1 aliphatic rings. The highest BCUT2D eigenvalue weighted by Crippen LogP contribution is 2.15. The van der Waals surface area contributed by atoms with Crippen LogP contribution >= 0.6 is 0 Å². The molecule has 0 radical (unpaired) electrons. The SMILES string of the molecule is CC(C)(C)NC(=O)c1ccc(N2CCN(C/C=C/c3ccccc3)CC2)nc1. The van der Waals surface area contributed by atoms with Crippen LogP contribution in [0.5, 0.6) is 0 Å². The highest BCUT2D eigenvalue weighted by atomic mass is 16.1. The second kappa shape index (κ2) is 9.02. The summed E-state index contributed by atoms with van der Waals surface area (Å²) in [4.78, 5) is 21.5. The molecule has 1 fully saturated rings. The summed E-state index contributed by atoms with van der Waals surface area (Å²) in [6, 6.07) is 14.2. The molecule has 1 aromatic carbocycles. The average molecular weight is 379 g/mol. The van der Waals surface area contributed by atoms with Gasteiger partial charge in [-0.2, -0.15) is 0 Å². The quantitative estimate of drug-likeness (QED) is 0.866. The first-order valence-corrected chi connectivity index (χ1v) is 9.88. The van der Waals surface area contributed by atoms with Crippen molar-refractivity contribution in [1.82, 2.24) is 15.2 Å². The molecular formula is C23H30N4O. The lowest BCUT2D eigenvalue weighted by Crippen LogP contribution is -2.46. The Morgan fingerprint density at radius 1 is 1.07 bits per heavy atom. The largest absolute Gasteiger partial charge is 0.354 e. The van der Waals surface area contributed by atoms with Crippen molar-refractivity contribution in [3.05, 3.63) is 65.9 Å². The zero-order chi connectivity index (χ0) is 20.0. The second-order valence-corrected chi connectivity index (χ2v) is 8.21. The molecule has 2 aromatic rings. The van der Waals surface area contributed by atoms with Gasteiger partial charge < -0.3 is 10.2 Å². The number of nitrogens with zero attached hydrogens (tertiary/aromatic N) is 3. The summed E-state index contributed by atoms with van der Waals surface area (Å²) in [5.74, 6) is 0.855. The third-order valence-corrected chi connectivity index (χ3v) is 4.67. The lowest BCUT2D eigenvalue weighted by atomic mass is 10.1. The van der Waals surface area contributed by atoms with Crippen LogP contribution < -0.4 is 10.2 Å². The van der Waals surface area contributed by atoms with Crippen LogP contribution in [0.4, 0.5) is 5.82 Å². The van der Waals surface area contributed by atoms with Gasteiger partial charge in [0, 0.05) is 44.5 Å². The summed E-state index contributed by atoms with van der Waals surface area (Å²) in [7, 11) is 0. The molecule has 28 heavy (non-hydrogen) atoms. The van der Waals surface area contributed by atoms with Crippen molar-refractivity contribution in [2.75, 3.05) is 37.6 Å². The number of benzene rings is 1. The lowest BCUT2D eigenvalue weighted by molar-refractivity contribution is 0.0919. The number of piperazine rings is 1.